The average Bonchev–Trinajstić information content (AvgIpc) is 2.27. The topological polar surface area (TPSA) is 57.6 Å². The maximum Gasteiger partial charge on any atom is 0.326 e. The molecule has 1 N–H and O–H groups in total. The van der Waals surface area contributed by atoms with Crippen molar-refractivity contribution in [3.8, 4) is 0 Å². The summed E-state index contributed by atoms with van der Waals surface area (Å²) in [6, 6.07) is 8.51. The lowest BCUT2D eigenvalue weighted by atomic mass is 9.98. The minimum absolute atomic E-state index is 0.226. The first-order valence-electron chi connectivity index (χ1n) is 6.30. The highest BCUT2D eigenvalue weighted by Crippen LogP contribution is 2.20. The van der Waals surface area contributed by atoms with Crippen LogP contribution in [0.3, 0.4) is 0 Å². The van der Waals surface area contributed by atoms with Crippen LogP contribution in [0.15, 0.2) is 30.3 Å². The van der Waals surface area contributed by atoms with E-state index in [9.17, 15) is 14.7 Å². The minimum atomic E-state index is -0.978. The first-order chi connectivity index (χ1) is 8.73. The zero-order valence-corrected chi connectivity index (χ0v) is 11.9. The second-order valence-corrected chi connectivity index (χ2v) is 5.60. The number of carboxylic acids is 1. The molecule has 0 aliphatic heterocycles. The van der Waals surface area contributed by atoms with Crippen molar-refractivity contribution in [2.45, 2.75) is 45.7 Å². The van der Waals surface area contributed by atoms with E-state index in [2.05, 4.69) is 0 Å². The van der Waals surface area contributed by atoms with Crippen molar-refractivity contribution >= 4 is 11.9 Å². The van der Waals surface area contributed by atoms with Crippen LogP contribution in [0.2, 0.25) is 0 Å². The quantitative estimate of drug-likeness (QED) is 0.907. The van der Waals surface area contributed by atoms with Crippen LogP contribution in [0.5, 0.6) is 0 Å². The van der Waals surface area contributed by atoms with Crippen molar-refractivity contribution in [3.63, 3.8) is 0 Å². The number of amides is 1. The molecule has 0 aliphatic carbocycles. The summed E-state index contributed by atoms with van der Waals surface area (Å²) < 4.78 is 0. The van der Waals surface area contributed by atoms with Gasteiger partial charge in [0.2, 0.25) is 5.91 Å². The summed E-state index contributed by atoms with van der Waals surface area (Å²) in [4.78, 5) is 24.7. The number of carbonyl (C=O) groups is 2. The van der Waals surface area contributed by atoms with Gasteiger partial charge in [-0.1, -0.05) is 30.3 Å². The smallest absolute Gasteiger partial charge is 0.326 e. The molecule has 0 heterocycles. The molecule has 4 heteroatoms. The number of benzene rings is 1. The van der Waals surface area contributed by atoms with Gasteiger partial charge in [-0.15, -0.1) is 0 Å². The Morgan fingerprint density at radius 2 is 1.74 bits per heavy atom. The SMILES string of the molecule is CC(=O)N([C@@H](Cc1ccccc1)C(=O)O)C(C)(C)C. The van der Waals surface area contributed by atoms with Crippen LogP contribution in [-0.4, -0.2) is 33.5 Å². The molecule has 19 heavy (non-hydrogen) atoms. The summed E-state index contributed by atoms with van der Waals surface area (Å²) >= 11 is 0. The summed E-state index contributed by atoms with van der Waals surface area (Å²) in [7, 11) is 0. The molecule has 1 aromatic rings. The fraction of sp³-hybridized carbons (Fsp3) is 0.467. The van der Waals surface area contributed by atoms with E-state index in [1.807, 2.05) is 51.1 Å². The highest BCUT2D eigenvalue weighted by atomic mass is 16.4. The summed E-state index contributed by atoms with van der Waals surface area (Å²) in [5, 5.41) is 9.42. The molecule has 1 amide bonds. The molecule has 1 rings (SSSR count). The third kappa shape index (κ3) is 4.09. The predicted octanol–water partition coefficient (Wildman–Crippen LogP) is 2.33. The van der Waals surface area contributed by atoms with E-state index >= 15 is 0 Å². The van der Waals surface area contributed by atoms with Gasteiger partial charge in [0.05, 0.1) is 0 Å². The number of rotatable bonds is 4. The zero-order valence-electron chi connectivity index (χ0n) is 11.9. The normalized spacial score (nSPS) is 12.8. The minimum Gasteiger partial charge on any atom is -0.480 e. The summed E-state index contributed by atoms with van der Waals surface area (Å²) in [6.45, 7) is 6.94. The molecule has 0 radical (unpaired) electrons. The lowest BCUT2D eigenvalue weighted by Crippen LogP contribution is -2.54. The lowest BCUT2D eigenvalue weighted by molar-refractivity contribution is -0.153. The highest BCUT2D eigenvalue weighted by molar-refractivity contribution is 5.83. The van der Waals surface area contributed by atoms with E-state index in [4.69, 9.17) is 0 Å². The van der Waals surface area contributed by atoms with Crippen molar-refractivity contribution < 1.29 is 14.7 Å². The van der Waals surface area contributed by atoms with Gasteiger partial charge < -0.3 is 10.0 Å². The lowest BCUT2D eigenvalue weighted by Gasteiger charge is -2.39. The maximum atomic E-state index is 11.8. The van der Waals surface area contributed by atoms with E-state index in [1.54, 1.807) is 0 Å². The molecular weight excluding hydrogens is 242 g/mol. The van der Waals surface area contributed by atoms with Gasteiger partial charge in [0.25, 0.3) is 0 Å². The Labute approximate surface area is 114 Å². The van der Waals surface area contributed by atoms with E-state index in [-0.39, 0.29) is 5.91 Å². The average molecular weight is 263 g/mol. The van der Waals surface area contributed by atoms with Crippen LogP contribution >= 0.6 is 0 Å². The highest BCUT2D eigenvalue weighted by Gasteiger charge is 2.35. The van der Waals surface area contributed by atoms with Crippen molar-refractivity contribution in [2.75, 3.05) is 0 Å². The van der Waals surface area contributed by atoms with Crippen LogP contribution in [0.1, 0.15) is 33.3 Å². The molecule has 104 valence electrons. The van der Waals surface area contributed by atoms with Crippen LogP contribution in [-0.2, 0) is 16.0 Å². The predicted molar refractivity (Wildman–Crippen MR) is 73.8 cm³/mol. The second kappa shape index (κ2) is 5.87. The zero-order chi connectivity index (χ0) is 14.6. The van der Waals surface area contributed by atoms with E-state index in [0.717, 1.165) is 5.56 Å². The molecule has 0 spiro atoms. The summed E-state index contributed by atoms with van der Waals surface area (Å²) in [6.07, 6.45) is 0.313. The summed E-state index contributed by atoms with van der Waals surface area (Å²) in [5.41, 5.74) is 0.384. The largest absolute Gasteiger partial charge is 0.480 e. The maximum absolute atomic E-state index is 11.8. The molecular formula is C15H21NO3. The van der Waals surface area contributed by atoms with E-state index in [0.29, 0.717) is 6.42 Å². The number of carboxylic acid groups (broad SMARTS) is 1. The molecule has 4 nitrogen and oxygen atoms in total. The standard InChI is InChI=1S/C15H21NO3/c1-11(17)16(15(2,3)4)13(14(18)19)10-12-8-6-5-7-9-12/h5-9,13H,10H2,1-4H3,(H,18,19)/t13-/m0/s1. The van der Waals surface area contributed by atoms with Crippen molar-refractivity contribution in [1.82, 2.24) is 4.90 Å². The Morgan fingerprint density at radius 1 is 1.21 bits per heavy atom. The van der Waals surface area contributed by atoms with Gasteiger partial charge in [-0.05, 0) is 26.3 Å². The van der Waals surface area contributed by atoms with Crippen LogP contribution < -0.4 is 0 Å². The molecule has 0 aromatic heterocycles. The molecule has 1 atom stereocenters. The molecule has 0 fully saturated rings. The number of aliphatic carboxylic acids is 1. The first-order valence-corrected chi connectivity index (χ1v) is 6.30. The van der Waals surface area contributed by atoms with Gasteiger partial charge in [-0.25, -0.2) is 4.79 Å². The fourth-order valence-electron chi connectivity index (χ4n) is 2.29. The van der Waals surface area contributed by atoms with Gasteiger partial charge in [0, 0.05) is 18.9 Å². The Bertz CT molecular complexity index is 448. The Balaban J connectivity index is 3.06. The summed E-state index contributed by atoms with van der Waals surface area (Å²) in [5.74, 6) is -1.20. The van der Waals surface area contributed by atoms with Gasteiger partial charge in [-0.3, -0.25) is 4.79 Å². The van der Waals surface area contributed by atoms with Crippen LogP contribution in [0.4, 0.5) is 0 Å². The van der Waals surface area contributed by atoms with E-state index < -0.39 is 17.6 Å². The van der Waals surface area contributed by atoms with Crippen LogP contribution in [0, 0.1) is 0 Å². The third-order valence-corrected chi connectivity index (χ3v) is 2.93. The molecule has 0 saturated heterocycles. The van der Waals surface area contributed by atoms with Gasteiger partial charge in [0.1, 0.15) is 6.04 Å². The van der Waals surface area contributed by atoms with Crippen molar-refractivity contribution in [1.29, 1.82) is 0 Å². The van der Waals surface area contributed by atoms with Crippen molar-refractivity contribution in [3.05, 3.63) is 35.9 Å². The molecule has 0 saturated carbocycles. The van der Waals surface area contributed by atoms with Crippen LogP contribution in [0.25, 0.3) is 0 Å². The molecule has 0 aliphatic rings. The molecule has 1 aromatic carbocycles. The van der Waals surface area contributed by atoms with Gasteiger partial charge >= 0.3 is 5.97 Å². The number of nitrogens with zero attached hydrogens (tertiary/aromatic N) is 1. The molecule has 0 bridgehead atoms. The first kappa shape index (κ1) is 15.2. The van der Waals surface area contributed by atoms with Crippen molar-refractivity contribution in [2.24, 2.45) is 0 Å². The van der Waals surface area contributed by atoms with E-state index in [1.165, 1.54) is 11.8 Å². The number of hydrogen-bond donors (Lipinski definition) is 1. The monoisotopic (exact) mass is 263 g/mol. The fourth-order valence-corrected chi connectivity index (χ4v) is 2.29. The Hall–Kier alpha value is -1.84. The second-order valence-electron chi connectivity index (χ2n) is 5.60. The third-order valence-electron chi connectivity index (χ3n) is 2.93. The number of carbonyl (C=O) groups excluding carboxylic acids is 1. The number of hydrogen-bond acceptors (Lipinski definition) is 2. The molecule has 0 unspecified atom stereocenters. The Morgan fingerprint density at radius 3 is 2.11 bits per heavy atom. The van der Waals surface area contributed by atoms with Gasteiger partial charge in [0.15, 0.2) is 0 Å². The Kier molecular flexibility index (Phi) is 4.70. The van der Waals surface area contributed by atoms with Gasteiger partial charge in [-0.2, -0.15) is 0 Å².